The maximum absolute atomic E-state index is 12.9. The number of rotatable bonds is 7. The minimum Gasteiger partial charge on any atom is -0.332 e. The van der Waals surface area contributed by atoms with E-state index in [1.165, 1.54) is 39.9 Å². The Bertz CT molecular complexity index is 1110. The highest BCUT2D eigenvalue weighted by molar-refractivity contribution is 8.93. The molecule has 2 aromatic carbocycles. The predicted molar refractivity (Wildman–Crippen MR) is 123 cm³/mol. The van der Waals surface area contributed by atoms with Crippen molar-refractivity contribution in [1.29, 1.82) is 0 Å². The molecule has 168 valence electrons. The second-order valence-corrected chi connectivity index (χ2v) is 9.15. The highest BCUT2D eigenvalue weighted by atomic mass is 79.9. The van der Waals surface area contributed by atoms with E-state index in [2.05, 4.69) is 10.3 Å². The van der Waals surface area contributed by atoms with E-state index < -0.39 is 21.8 Å². The summed E-state index contributed by atoms with van der Waals surface area (Å²) >= 11 is 1.24. The van der Waals surface area contributed by atoms with Crippen LogP contribution in [0.1, 0.15) is 19.4 Å². The maximum atomic E-state index is 12.9. The van der Waals surface area contributed by atoms with Crippen LogP contribution >= 0.6 is 28.3 Å². The van der Waals surface area contributed by atoms with Gasteiger partial charge >= 0.3 is 6.18 Å². The number of benzene rings is 2. The Hall–Kier alpha value is -1.95. The minimum atomic E-state index is -4.42. The van der Waals surface area contributed by atoms with Gasteiger partial charge in [0.15, 0.2) is 5.13 Å². The number of thiazole rings is 1. The van der Waals surface area contributed by atoms with Crippen LogP contribution in [0.4, 0.5) is 24.0 Å². The number of hydrogen-bond donors (Lipinski definition) is 1. The van der Waals surface area contributed by atoms with Crippen molar-refractivity contribution in [2.75, 3.05) is 18.4 Å². The lowest BCUT2D eigenvalue weighted by molar-refractivity contribution is -0.137. The van der Waals surface area contributed by atoms with Crippen LogP contribution in [0, 0.1) is 0 Å². The van der Waals surface area contributed by atoms with Crippen molar-refractivity contribution in [3.05, 3.63) is 59.5 Å². The van der Waals surface area contributed by atoms with E-state index in [0.717, 1.165) is 12.1 Å². The quantitative estimate of drug-likeness (QED) is 0.392. The molecule has 1 N–H and O–H groups in total. The third-order valence-electron chi connectivity index (χ3n) is 4.44. The van der Waals surface area contributed by atoms with E-state index in [1.807, 2.05) is 0 Å². The smallest absolute Gasteiger partial charge is 0.332 e. The van der Waals surface area contributed by atoms with Crippen molar-refractivity contribution >= 4 is 49.2 Å². The number of aromatic nitrogens is 1. The maximum Gasteiger partial charge on any atom is 0.416 e. The summed E-state index contributed by atoms with van der Waals surface area (Å²) in [6.07, 6.45) is -4.42. The highest BCUT2D eigenvalue weighted by Crippen LogP contribution is 2.33. The van der Waals surface area contributed by atoms with Crippen molar-refractivity contribution in [1.82, 2.24) is 9.29 Å². The SMILES string of the molecule is Br.CCN(CC)S(=O)(=O)c1ccc(-c2csc(Nc3cccc(C(F)(F)F)c3)n2)cc1. The third-order valence-corrected chi connectivity index (χ3v) is 7.26. The average Bonchev–Trinajstić information content (AvgIpc) is 3.17. The molecule has 0 atom stereocenters. The van der Waals surface area contributed by atoms with E-state index in [-0.39, 0.29) is 27.6 Å². The molecule has 31 heavy (non-hydrogen) atoms. The lowest BCUT2D eigenvalue weighted by atomic mass is 10.2. The summed E-state index contributed by atoms with van der Waals surface area (Å²) in [6, 6.07) is 11.3. The first kappa shape index (κ1) is 25.3. The fraction of sp³-hybridized carbons (Fsp3) is 0.250. The Labute approximate surface area is 193 Å². The molecule has 0 bridgehead atoms. The van der Waals surface area contributed by atoms with Crippen molar-refractivity contribution in [3.63, 3.8) is 0 Å². The zero-order valence-corrected chi connectivity index (χ0v) is 20.0. The molecule has 3 rings (SSSR count). The minimum absolute atomic E-state index is 0. The van der Waals surface area contributed by atoms with E-state index in [0.29, 0.717) is 29.5 Å². The Balaban J connectivity index is 0.00000341. The van der Waals surface area contributed by atoms with Crippen molar-refractivity contribution in [2.45, 2.75) is 24.9 Å². The van der Waals surface area contributed by atoms with Crippen LogP contribution in [0.3, 0.4) is 0 Å². The second-order valence-electron chi connectivity index (χ2n) is 6.36. The first-order valence-corrected chi connectivity index (χ1v) is 11.5. The molecular weight excluding hydrogens is 515 g/mol. The second kappa shape index (κ2) is 10.1. The molecule has 5 nitrogen and oxygen atoms in total. The molecule has 1 heterocycles. The van der Waals surface area contributed by atoms with Crippen LogP contribution < -0.4 is 5.32 Å². The van der Waals surface area contributed by atoms with Gasteiger partial charge < -0.3 is 5.32 Å². The van der Waals surface area contributed by atoms with Gasteiger partial charge in [-0.05, 0) is 30.3 Å². The van der Waals surface area contributed by atoms with Crippen LogP contribution in [0.25, 0.3) is 11.3 Å². The summed E-state index contributed by atoms with van der Waals surface area (Å²) in [6.45, 7) is 4.34. The molecule has 3 aromatic rings. The summed E-state index contributed by atoms with van der Waals surface area (Å²) < 4.78 is 65.1. The van der Waals surface area contributed by atoms with Gasteiger partial charge in [-0.2, -0.15) is 17.5 Å². The summed E-state index contributed by atoms with van der Waals surface area (Å²) in [4.78, 5) is 4.59. The van der Waals surface area contributed by atoms with Gasteiger partial charge in [-0.25, -0.2) is 13.4 Å². The molecule has 1 aromatic heterocycles. The molecule has 0 fully saturated rings. The number of sulfonamides is 1. The molecule has 0 spiro atoms. The Morgan fingerprint density at radius 1 is 1.06 bits per heavy atom. The van der Waals surface area contributed by atoms with Crippen LogP contribution in [-0.2, 0) is 16.2 Å². The normalized spacial score (nSPS) is 11.9. The predicted octanol–water partition coefficient (Wildman–Crippen LogP) is 6.18. The molecule has 0 aliphatic carbocycles. The Kier molecular flexibility index (Phi) is 8.26. The van der Waals surface area contributed by atoms with Crippen LogP contribution in [0.15, 0.2) is 58.8 Å². The van der Waals surface area contributed by atoms with E-state index >= 15 is 0 Å². The fourth-order valence-electron chi connectivity index (χ4n) is 2.87. The molecule has 0 radical (unpaired) electrons. The number of nitrogens with one attached hydrogen (secondary N) is 1. The zero-order valence-electron chi connectivity index (χ0n) is 16.7. The van der Waals surface area contributed by atoms with Gasteiger partial charge in [0.25, 0.3) is 0 Å². The largest absolute Gasteiger partial charge is 0.416 e. The molecule has 0 aliphatic rings. The van der Waals surface area contributed by atoms with Crippen molar-refractivity contribution < 1.29 is 21.6 Å². The molecule has 0 saturated carbocycles. The van der Waals surface area contributed by atoms with Crippen molar-refractivity contribution in [2.24, 2.45) is 0 Å². The molecule has 11 heteroatoms. The first-order chi connectivity index (χ1) is 14.1. The van der Waals surface area contributed by atoms with Crippen molar-refractivity contribution in [3.8, 4) is 11.3 Å². The van der Waals surface area contributed by atoms with E-state index in [4.69, 9.17) is 0 Å². The average molecular weight is 536 g/mol. The Morgan fingerprint density at radius 2 is 1.71 bits per heavy atom. The van der Waals surface area contributed by atoms with Gasteiger partial charge in [-0.1, -0.05) is 32.0 Å². The highest BCUT2D eigenvalue weighted by Gasteiger charge is 2.30. The first-order valence-electron chi connectivity index (χ1n) is 9.15. The number of anilines is 2. The fourth-order valence-corrected chi connectivity index (χ4v) is 5.07. The molecule has 0 saturated heterocycles. The van der Waals surface area contributed by atoms with Crippen LogP contribution in [0.2, 0.25) is 0 Å². The van der Waals surface area contributed by atoms with Gasteiger partial charge in [0, 0.05) is 29.7 Å². The van der Waals surface area contributed by atoms with Gasteiger partial charge in [0.2, 0.25) is 10.0 Å². The van der Waals surface area contributed by atoms with E-state index in [9.17, 15) is 21.6 Å². The summed E-state index contributed by atoms with van der Waals surface area (Å²) in [7, 11) is -3.54. The summed E-state index contributed by atoms with van der Waals surface area (Å²) in [5.41, 5.74) is 0.851. The van der Waals surface area contributed by atoms with Gasteiger partial charge in [0.1, 0.15) is 0 Å². The molecular formula is C20H21BrF3N3O2S2. The molecule has 0 unspecified atom stereocenters. The molecule has 0 amide bonds. The van der Waals surface area contributed by atoms with Gasteiger partial charge in [0.05, 0.1) is 16.2 Å². The number of nitrogens with zero attached hydrogens (tertiary/aromatic N) is 2. The summed E-state index contributed by atoms with van der Waals surface area (Å²) in [5, 5.41) is 5.07. The topological polar surface area (TPSA) is 62.3 Å². The molecule has 0 aliphatic heterocycles. The zero-order chi connectivity index (χ0) is 21.9. The lowest BCUT2D eigenvalue weighted by Gasteiger charge is -2.18. The standard InChI is InChI=1S/C20H20F3N3O2S2.BrH/c1-3-26(4-2)30(27,28)17-10-8-14(9-11-17)18-13-29-19(25-18)24-16-7-5-6-15(12-16)20(21,22)23;/h5-13H,3-4H2,1-2H3,(H,24,25);1H. The van der Waals surface area contributed by atoms with Gasteiger partial charge in [-0.3, -0.25) is 0 Å². The number of hydrogen-bond acceptors (Lipinski definition) is 5. The van der Waals surface area contributed by atoms with Crippen LogP contribution in [0.5, 0.6) is 0 Å². The van der Waals surface area contributed by atoms with Gasteiger partial charge in [-0.15, -0.1) is 28.3 Å². The Morgan fingerprint density at radius 3 is 2.29 bits per heavy atom. The lowest BCUT2D eigenvalue weighted by Crippen LogP contribution is -2.30. The van der Waals surface area contributed by atoms with Crippen LogP contribution in [-0.4, -0.2) is 30.8 Å². The summed E-state index contributed by atoms with van der Waals surface area (Å²) in [5.74, 6) is 0. The third kappa shape index (κ3) is 5.85. The number of halogens is 4. The monoisotopic (exact) mass is 535 g/mol. The van der Waals surface area contributed by atoms with E-state index in [1.54, 1.807) is 31.4 Å². The number of alkyl halides is 3.